The Morgan fingerprint density at radius 1 is 1.32 bits per heavy atom. The fraction of sp³-hybridized carbons (Fsp3) is 0.462. The van der Waals surface area contributed by atoms with Gasteiger partial charge in [0.1, 0.15) is 11.8 Å². The molecule has 1 atom stereocenters. The van der Waals surface area contributed by atoms with E-state index in [-0.39, 0.29) is 30.7 Å². The second-order valence-corrected chi connectivity index (χ2v) is 4.29. The van der Waals surface area contributed by atoms with Crippen LogP contribution < -0.4 is 15.8 Å². The summed E-state index contributed by atoms with van der Waals surface area (Å²) in [6, 6.07) is 4.71. The van der Waals surface area contributed by atoms with Gasteiger partial charge in [0.05, 0.1) is 6.61 Å². The highest BCUT2D eigenvalue weighted by Gasteiger charge is 2.30. The summed E-state index contributed by atoms with van der Waals surface area (Å²) in [7, 11) is 1.44. The van der Waals surface area contributed by atoms with E-state index in [9.17, 15) is 18.0 Å². The summed E-state index contributed by atoms with van der Waals surface area (Å²) in [5.41, 5.74) is 6.29. The Morgan fingerprint density at radius 3 is 2.41 bits per heavy atom. The lowest BCUT2D eigenvalue weighted by Crippen LogP contribution is -2.44. The van der Waals surface area contributed by atoms with Crippen LogP contribution in [0.25, 0.3) is 0 Å². The van der Waals surface area contributed by atoms with Gasteiger partial charge in [-0.3, -0.25) is 4.79 Å². The number of carbonyl (C=O) groups is 1. The van der Waals surface area contributed by atoms with Crippen LogP contribution in [0.2, 0.25) is 0 Å². The number of hydrogen-bond donors (Lipinski definition) is 2. The number of halogens is 4. The third-order valence-electron chi connectivity index (χ3n) is 2.55. The molecule has 1 rings (SSSR count). The van der Waals surface area contributed by atoms with Crippen LogP contribution in [-0.2, 0) is 16.0 Å². The molecule has 0 radical (unpaired) electrons. The molecule has 1 unspecified atom stereocenters. The number of nitrogens with one attached hydrogen (secondary N) is 1. The Balaban J connectivity index is 0.00000441. The summed E-state index contributed by atoms with van der Waals surface area (Å²) in [6.45, 7) is 0.449. The van der Waals surface area contributed by atoms with Gasteiger partial charge in [0, 0.05) is 13.7 Å². The van der Waals surface area contributed by atoms with Crippen molar-refractivity contribution in [3.8, 4) is 5.75 Å². The van der Waals surface area contributed by atoms with Gasteiger partial charge in [-0.15, -0.1) is 25.6 Å². The molecule has 0 heterocycles. The highest BCUT2D eigenvalue weighted by atomic mass is 35.5. The molecule has 1 amide bonds. The van der Waals surface area contributed by atoms with Gasteiger partial charge in [-0.1, -0.05) is 12.1 Å². The zero-order valence-electron chi connectivity index (χ0n) is 11.9. The third-order valence-corrected chi connectivity index (χ3v) is 2.55. The predicted octanol–water partition coefficient (Wildman–Crippen LogP) is 1.64. The van der Waals surface area contributed by atoms with E-state index in [1.54, 1.807) is 0 Å². The monoisotopic (exact) mass is 342 g/mol. The summed E-state index contributed by atoms with van der Waals surface area (Å²) in [5, 5.41) is 2.61. The van der Waals surface area contributed by atoms with E-state index in [1.807, 2.05) is 0 Å². The minimum atomic E-state index is -4.70. The molecule has 0 saturated carbocycles. The number of amides is 1. The maximum absolute atomic E-state index is 12.0. The van der Waals surface area contributed by atoms with Gasteiger partial charge in [0.25, 0.3) is 0 Å². The molecular formula is C13H18ClF3N2O3. The van der Waals surface area contributed by atoms with E-state index in [4.69, 9.17) is 10.5 Å². The average Bonchev–Trinajstić information content (AvgIpc) is 2.39. The second kappa shape index (κ2) is 9.50. The molecule has 9 heteroatoms. The molecule has 1 aromatic carbocycles. The lowest BCUT2D eigenvalue weighted by atomic mass is 10.1. The maximum Gasteiger partial charge on any atom is 0.573 e. The van der Waals surface area contributed by atoms with Crippen molar-refractivity contribution in [1.29, 1.82) is 0 Å². The molecule has 0 saturated heterocycles. The molecule has 0 spiro atoms. The van der Waals surface area contributed by atoms with Gasteiger partial charge < -0.3 is 20.5 Å². The minimum absolute atomic E-state index is 0. The van der Waals surface area contributed by atoms with Crippen molar-refractivity contribution in [2.24, 2.45) is 5.73 Å². The fourth-order valence-electron chi connectivity index (χ4n) is 1.57. The molecule has 0 bridgehead atoms. The van der Waals surface area contributed by atoms with Crippen LogP contribution in [0.3, 0.4) is 0 Å². The van der Waals surface area contributed by atoms with E-state index in [0.29, 0.717) is 13.0 Å². The number of rotatable bonds is 7. The minimum Gasteiger partial charge on any atom is -0.406 e. The number of nitrogens with two attached hydrogens (primary N) is 1. The normalized spacial score (nSPS) is 12.2. The van der Waals surface area contributed by atoms with Gasteiger partial charge in [-0.2, -0.15) is 0 Å². The first kappa shape index (κ1) is 20.5. The van der Waals surface area contributed by atoms with Crippen LogP contribution in [0.5, 0.6) is 5.75 Å². The molecule has 126 valence electrons. The number of carbonyl (C=O) groups excluding carboxylic acids is 1. The maximum atomic E-state index is 12.0. The van der Waals surface area contributed by atoms with Crippen LogP contribution in [0.4, 0.5) is 13.2 Å². The van der Waals surface area contributed by atoms with Gasteiger partial charge in [-0.05, 0) is 24.1 Å². The smallest absolute Gasteiger partial charge is 0.406 e. The van der Waals surface area contributed by atoms with E-state index < -0.39 is 12.4 Å². The Kier molecular flexibility index (Phi) is 8.84. The van der Waals surface area contributed by atoms with Crippen LogP contribution in [0.15, 0.2) is 24.3 Å². The molecule has 5 nitrogen and oxygen atoms in total. The summed E-state index contributed by atoms with van der Waals surface area (Å²) in [6.07, 6.45) is -4.23. The van der Waals surface area contributed by atoms with Crippen LogP contribution in [0, 0.1) is 0 Å². The van der Waals surface area contributed by atoms with E-state index >= 15 is 0 Å². The third kappa shape index (κ3) is 8.06. The Morgan fingerprint density at radius 2 is 1.91 bits per heavy atom. The molecule has 22 heavy (non-hydrogen) atoms. The second-order valence-electron chi connectivity index (χ2n) is 4.29. The quantitative estimate of drug-likeness (QED) is 0.790. The molecule has 0 aliphatic carbocycles. The number of methoxy groups -OCH3 is 1. The van der Waals surface area contributed by atoms with E-state index in [0.717, 1.165) is 5.56 Å². The highest BCUT2D eigenvalue weighted by molar-refractivity contribution is 5.85. The molecule has 1 aromatic rings. The number of ether oxygens (including phenoxy) is 2. The molecule has 0 aromatic heterocycles. The van der Waals surface area contributed by atoms with Crippen molar-refractivity contribution in [3.05, 3.63) is 29.8 Å². The summed E-state index contributed by atoms with van der Waals surface area (Å²) < 4.78 is 44.4. The zero-order valence-corrected chi connectivity index (χ0v) is 12.7. The molecule has 0 fully saturated rings. The first-order valence-corrected chi connectivity index (χ1v) is 6.18. The lowest BCUT2D eigenvalue weighted by molar-refractivity contribution is -0.274. The molecule has 3 N–H and O–H groups in total. The van der Waals surface area contributed by atoms with Crippen molar-refractivity contribution in [1.82, 2.24) is 5.32 Å². The standard InChI is InChI=1S/C13H17F3N2O3.ClH/c1-20-8-11(17)12(19)18-7-6-9-2-4-10(5-3-9)21-13(14,15)16;/h2-5,11H,6-8,17H2,1H3,(H,18,19);1H. The van der Waals surface area contributed by atoms with Crippen molar-refractivity contribution in [2.75, 3.05) is 20.3 Å². The van der Waals surface area contributed by atoms with Gasteiger partial charge >= 0.3 is 6.36 Å². The Labute approximate surface area is 132 Å². The predicted molar refractivity (Wildman–Crippen MR) is 76.9 cm³/mol. The van der Waals surface area contributed by atoms with E-state index in [2.05, 4.69) is 10.1 Å². The van der Waals surface area contributed by atoms with Crippen molar-refractivity contribution in [3.63, 3.8) is 0 Å². The SMILES string of the molecule is COCC(N)C(=O)NCCc1ccc(OC(F)(F)F)cc1.Cl. The first-order valence-electron chi connectivity index (χ1n) is 6.18. The molecular weight excluding hydrogens is 325 g/mol. The van der Waals surface area contributed by atoms with Gasteiger partial charge in [-0.25, -0.2) is 0 Å². The lowest BCUT2D eigenvalue weighted by Gasteiger charge is -2.11. The average molecular weight is 343 g/mol. The fourth-order valence-corrected chi connectivity index (χ4v) is 1.57. The number of benzene rings is 1. The zero-order chi connectivity index (χ0) is 15.9. The van der Waals surface area contributed by atoms with Crippen LogP contribution in [-0.4, -0.2) is 38.6 Å². The molecule has 0 aliphatic heterocycles. The Hall–Kier alpha value is -1.51. The van der Waals surface area contributed by atoms with Gasteiger partial charge in [0.2, 0.25) is 5.91 Å². The van der Waals surface area contributed by atoms with E-state index in [1.165, 1.54) is 31.4 Å². The number of hydrogen-bond acceptors (Lipinski definition) is 4. The molecule has 0 aliphatic rings. The first-order chi connectivity index (χ1) is 9.81. The van der Waals surface area contributed by atoms with Crippen LogP contribution in [0.1, 0.15) is 5.56 Å². The van der Waals surface area contributed by atoms with Crippen molar-refractivity contribution in [2.45, 2.75) is 18.8 Å². The largest absolute Gasteiger partial charge is 0.573 e. The van der Waals surface area contributed by atoms with Crippen molar-refractivity contribution >= 4 is 18.3 Å². The topological polar surface area (TPSA) is 73.6 Å². The summed E-state index contributed by atoms with van der Waals surface area (Å²) in [4.78, 5) is 11.5. The highest BCUT2D eigenvalue weighted by Crippen LogP contribution is 2.22. The summed E-state index contributed by atoms with van der Waals surface area (Å²) >= 11 is 0. The Bertz CT molecular complexity index is 455. The summed E-state index contributed by atoms with van der Waals surface area (Å²) in [5.74, 6) is -0.619. The van der Waals surface area contributed by atoms with Crippen LogP contribution >= 0.6 is 12.4 Å². The van der Waals surface area contributed by atoms with Gasteiger partial charge in [0.15, 0.2) is 0 Å². The van der Waals surface area contributed by atoms with Crippen molar-refractivity contribution < 1.29 is 27.4 Å². The number of alkyl halides is 3.